The summed E-state index contributed by atoms with van der Waals surface area (Å²) in [5, 5.41) is 9.04. The third-order valence-electron chi connectivity index (χ3n) is 3.69. The first-order chi connectivity index (χ1) is 9.56. The molecule has 1 aliphatic rings. The van der Waals surface area contributed by atoms with Crippen molar-refractivity contribution < 1.29 is 9.90 Å². The third kappa shape index (κ3) is 3.95. The number of carboxylic acid groups (broad SMARTS) is 1. The Bertz CT molecular complexity index is 454. The van der Waals surface area contributed by atoms with Crippen LogP contribution < -0.4 is 4.90 Å². The van der Waals surface area contributed by atoms with E-state index < -0.39 is 5.97 Å². The van der Waals surface area contributed by atoms with Crippen LogP contribution in [-0.2, 0) is 0 Å². The largest absolute Gasteiger partial charge is 0.478 e. The Morgan fingerprint density at radius 2 is 1.95 bits per heavy atom. The van der Waals surface area contributed by atoms with Crippen molar-refractivity contribution in [1.29, 1.82) is 0 Å². The molecule has 1 saturated heterocycles. The maximum atomic E-state index is 11.0. The standard InChI is InChI=1S/C15H23N3O2/c1-16(2)6-7-17-8-10-18(11-9-17)14-5-3-4-13(12-14)15(19)20/h3-5,12H,6-11H2,1-2H3,(H,19,20). The number of benzene rings is 1. The fourth-order valence-electron chi connectivity index (χ4n) is 2.41. The Hall–Kier alpha value is -1.59. The van der Waals surface area contributed by atoms with Crippen LogP contribution in [0.4, 0.5) is 5.69 Å². The maximum Gasteiger partial charge on any atom is 0.335 e. The zero-order chi connectivity index (χ0) is 14.5. The molecular weight excluding hydrogens is 254 g/mol. The molecule has 2 rings (SSSR count). The van der Waals surface area contributed by atoms with E-state index in [1.165, 1.54) is 0 Å². The van der Waals surface area contributed by atoms with Crippen LogP contribution in [0.3, 0.4) is 0 Å². The molecule has 1 aromatic rings. The smallest absolute Gasteiger partial charge is 0.335 e. The van der Waals surface area contributed by atoms with Gasteiger partial charge in [0.05, 0.1) is 5.56 Å². The summed E-state index contributed by atoms with van der Waals surface area (Å²) >= 11 is 0. The molecule has 1 fully saturated rings. The van der Waals surface area contributed by atoms with Gasteiger partial charge < -0.3 is 14.9 Å². The molecular formula is C15H23N3O2. The van der Waals surface area contributed by atoms with Gasteiger partial charge in [-0.2, -0.15) is 0 Å². The van der Waals surface area contributed by atoms with Crippen LogP contribution in [0.1, 0.15) is 10.4 Å². The second-order valence-electron chi connectivity index (χ2n) is 5.49. The minimum absolute atomic E-state index is 0.359. The normalized spacial score (nSPS) is 16.6. The van der Waals surface area contributed by atoms with Crippen LogP contribution >= 0.6 is 0 Å². The van der Waals surface area contributed by atoms with Gasteiger partial charge in [0.25, 0.3) is 0 Å². The molecule has 20 heavy (non-hydrogen) atoms. The van der Waals surface area contributed by atoms with E-state index in [2.05, 4.69) is 28.8 Å². The first kappa shape index (κ1) is 14.8. The van der Waals surface area contributed by atoms with Crippen LogP contribution in [0.2, 0.25) is 0 Å². The van der Waals surface area contributed by atoms with Gasteiger partial charge in [-0.25, -0.2) is 4.79 Å². The molecule has 0 saturated carbocycles. The molecule has 1 heterocycles. The Morgan fingerprint density at radius 1 is 1.25 bits per heavy atom. The van der Waals surface area contributed by atoms with Crippen molar-refractivity contribution >= 4 is 11.7 Å². The molecule has 0 spiro atoms. The molecule has 0 bridgehead atoms. The molecule has 1 aromatic carbocycles. The van der Waals surface area contributed by atoms with E-state index in [-0.39, 0.29) is 0 Å². The van der Waals surface area contributed by atoms with Gasteiger partial charge in [0, 0.05) is 45.0 Å². The number of anilines is 1. The van der Waals surface area contributed by atoms with Gasteiger partial charge >= 0.3 is 5.97 Å². The third-order valence-corrected chi connectivity index (χ3v) is 3.69. The number of piperazine rings is 1. The number of hydrogen-bond donors (Lipinski definition) is 1. The first-order valence-corrected chi connectivity index (χ1v) is 7.01. The molecule has 1 aliphatic heterocycles. The highest BCUT2D eigenvalue weighted by atomic mass is 16.4. The average Bonchev–Trinajstić information content (AvgIpc) is 2.46. The van der Waals surface area contributed by atoms with Crippen molar-refractivity contribution in [2.45, 2.75) is 0 Å². The highest BCUT2D eigenvalue weighted by Gasteiger charge is 2.17. The van der Waals surface area contributed by atoms with Crippen molar-refractivity contribution in [3.05, 3.63) is 29.8 Å². The minimum atomic E-state index is -0.864. The van der Waals surface area contributed by atoms with Crippen molar-refractivity contribution in [3.8, 4) is 0 Å². The molecule has 5 heteroatoms. The summed E-state index contributed by atoms with van der Waals surface area (Å²) in [6.07, 6.45) is 0. The number of hydrogen-bond acceptors (Lipinski definition) is 4. The molecule has 0 radical (unpaired) electrons. The lowest BCUT2D eigenvalue weighted by Crippen LogP contribution is -2.48. The second-order valence-corrected chi connectivity index (χ2v) is 5.49. The lowest BCUT2D eigenvalue weighted by Gasteiger charge is -2.36. The summed E-state index contributed by atoms with van der Waals surface area (Å²) in [6.45, 7) is 6.15. The molecule has 0 aromatic heterocycles. The Balaban J connectivity index is 1.90. The van der Waals surface area contributed by atoms with E-state index >= 15 is 0 Å². The van der Waals surface area contributed by atoms with Gasteiger partial charge in [0.15, 0.2) is 0 Å². The van der Waals surface area contributed by atoms with E-state index in [0.29, 0.717) is 5.56 Å². The molecule has 0 aliphatic carbocycles. The van der Waals surface area contributed by atoms with Crippen LogP contribution in [0, 0.1) is 0 Å². The zero-order valence-electron chi connectivity index (χ0n) is 12.2. The number of rotatable bonds is 5. The lowest BCUT2D eigenvalue weighted by molar-refractivity contribution is 0.0697. The van der Waals surface area contributed by atoms with Gasteiger partial charge in [-0.1, -0.05) is 6.07 Å². The number of aromatic carboxylic acids is 1. The van der Waals surface area contributed by atoms with E-state index in [4.69, 9.17) is 5.11 Å². The minimum Gasteiger partial charge on any atom is -0.478 e. The monoisotopic (exact) mass is 277 g/mol. The van der Waals surface area contributed by atoms with Gasteiger partial charge in [-0.05, 0) is 32.3 Å². The summed E-state index contributed by atoms with van der Waals surface area (Å²) in [4.78, 5) is 17.9. The summed E-state index contributed by atoms with van der Waals surface area (Å²) in [5.41, 5.74) is 1.37. The van der Waals surface area contributed by atoms with Crippen molar-refractivity contribution in [2.24, 2.45) is 0 Å². The van der Waals surface area contributed by atoms with Gasteiger partial charge in [-0.15, -0.1) is 0 Å². The highest BCUT2D eigenvalue weighted by Crippen LogP contribution is 2.18. The molecule has 5 nitrogen and oxygen atoms in total. The summed E-state index contributed by atoms with van der Waals surface area (Å²) in [7, 11) is 4.18. The molecule has 0 amide bonds. The van der Waals surface area contributed by atoms with Gasteiger partial charge in [0.2, 0.25) is 0 Å². The predicted octanol–water partition coefficient (Wildman–Crippen LogP) is 1.07. The Kier molecular flexibility index (Phi) is 4.98. The Labute approximate surface area is 120 Å². The number of nitrogens with zero attached hydrogens (tertiary/aromatic N) is 3. The average molecular weight is 277 g/mol. The zero-order valence-corrected chi connectivity index (χ0v) is 12.2. The summed E-state index contributed by atoms with van der Waals surface area (Å²) in [6, 6.07) is 7.20. The summed E-state index contributed by atoms with van der Waals surface area (Å²) in [5.74, 6) is -0.864. The second kappa shape index (κ2) is 6.72. The molecule has 0 unspecified atom stereocenters. The maximum absolute atomic E-state index is 11.0. The van der Waals surface area contributed by atoms with Gasteiger partial charge in [-0.3, -0.25) is 4.90 Å². The van der Waals surface area contributed by atoms with E-state index in [0.717, 1.165) is 45.0 Å². The number of likely N-dealkylation sites (N-methyl/N-ethyl adjacent to an activating group) is 1. The van der Waals surface area contributed by atoms with Crippen LogP contribution in [0.25, 0.3) is 0 Å². The Morgan fingerprint density at radius 3 is 2.55 bits per heavy atom. The SMILES string of the molecule is CN(C)CCN1CCN(c2cccc(C(=O)O)c2)CC1. The van der Waals surface area contributed by atoms with Crippen LogP contribution in [0.5, 0.6) is 0 Å². The van der Waals surface area contributed by atoms with E-state index in [1.807, 2.05) is 12.1 Å². The summed E-state index contributed by atoms with van der Waals surface area (Å²) < 4.78 is 0. The van der Waals surface area contributed by atoms with Crippen molar-refractivity contribution in [1.82, 2.24) is 9.80 Å². The first-order valence-electron chi connectivity index (χ1n) is 7.01. The number of carbonyl (C=O) groups is 1. The fraction of sp³-hybridized carbons (Fsp3) is 0.533. The van der Waals surface area contributed by atoms with E-state index in [1.54, 1.807) is 12.1 Å². The van der Waals surface area contributed by atoms with E-state index in [9.17, 15) is 4.79 Å². The van der Waals surface area contributed by atoms with Gasteiger partial charge in [0.1, 0.15) is 0 Å². The molecule has 1 N–H and O–H groups in total. The van der Waals surface area contributed by atoms with Crippen LogP contribution in [0.15, 0.2) is 24.3 Å². The highest BCUT2D eigenvalue weighted by molar-refractivity contribution is 5.88. The van der Waals surface area contributed by atoms with Crippen LogP contribution in [-0.4, -0.2) is 74.2 Å². The molecule has 0 atom stereocenters. The number of carboxylic acids is 1. The fourth-order valence-corrected chi connectivity index (χ4v) is 2.41. The quantitative estimate of drug-likeness (QED) is 0.872. The van der Waals surface area contributed by atoms with Crippen molar-refractivity contribution in [2.75, 3.05) is 58.3 Å². The topological polar surface area (TPSA) is 47.0 Å². The lowest BCUT2D eigenvalue weighted by atomic mass is 10.1. The predicted molar refractivity (Wildman–Crippen MR) is 80.6 cm³/mol. The molecule has 110 valence electrons. The van der Waals surface area contributed by atoms with Crippen molar-refractivity contribution in [3.63, 3.8) is 0 Å².